The predicted molar refractivity (Wildman–Crippen MR) is 163 cm³/mol. The highest BCUT2D eigenvalue weighted by molar-refractivity contribution is 5.74. The van der Waals surface area contributed by atoms with E-state index in [1.165, 1.54) is 18.2 Å². The van der Waals surface area contributed by atoms with E-state index >= 15 is 0 Å². The van der Waals surface area contributed by atoms with Crippen molar-refractivity contribution in [2.45, 2.75) is 51.2 Å². The highest BCUT2D eigenvalue weighted by Crippen LogP contribution is 2.26. The van der Waals surface area contributed by atoms with Crippen LogP contribution in [0.15, 0.2) is 89.7 Å². The lowest BCUT2D eigenvalue weighted by Gasteiger charge is -2.31. The summed E-state index contributed by atoms with van der Waals surface area (Å²) < 4.78 is 46.5. The zero-order valence-electron chi connectivity index (χ0n) is 24.1. The molecule has 1 saturated heterocycles. The number of hydrogen-bond donors (Lipinski definition) is 1. The van der Waals surface area contributed by atoms with E-state index < -0.39 is 6.36 Å². The smallest absolute Gasteiger partial charge is 0.406 e. The van der Waals surface area contributed by atoms with Gasteiger partial charge in [0.05, 0.1) is 13.1 Å². The van der Waals surface area contributed by atoms with Crippen LogP contribution in [0.3, 0.4) is 0 Å². The first-order chi connectivity index (χ1) is 21.2. The lowest BCUT2D eigenvalue weighted by molar-refractivity contribution is -0.274. The highest BCUT2D eigenvalue weighted by Gasteiger charge is 2.31. The van der Waals surface area contributed by atoms with E-state index in [1.807, 2.05) is 65.2 Å². The molecule has 2 aromatic heterocycles. The summed E-state index contributed by atoms with van der Waals surface area (Å²) in [6, 6.07) is 25.3. The minimum atomic E-state index is -4.83. The maximum atomic E-state index is 14.5. The van der Waals surface area contributed by atoms with Crippen LogP contribution < -0.4 is 20.9 Å². The van der Waals surface area contributed by atoms with Gasteiger partial charge in [-0.3, -0.25) is 13.9 Å². The molecule has 6 rings (SSSR count). The summed E-state index contributed by atoms with van der Waals surface area (Å²) in [4.78, 5) is 26.4. The maximum absolute atomic E-state index is 14.5. The van der Waals surface area contributed by atoms with Gasteiger partial charge in [-0.2, -0.15) is 4.98 Å². The molecule has 1 aliphatic heterocycles. The monoisotopic (exact) mass is 602 g/mol. The molecule has 1 fully saturated rings. The Balaban J connectivity index is 1.48. The third-order valence-electron chi connectivity index (χ3n) is 7.80. The molecule has 0 radical (unpaired) electrons. The molecular weight excluding hydrogens is 569 g/mol. The van der Waals surface area contributed by atoms with E-state index in [2.05, 4.69) is 9.64 Å². The number of nitrogens with zero attached hydrogens (tertiary/aromatic N) is 5. The van der Waals surface area contributed by atoms with Crippen LogP contribution in [0.1, 0.15) is 35.4 Å². The van der Waals surface area contributed by atoms with E-state index in [4.69, 9.17) is 15.7 Å². The van der Waals surface area contributed by atoms with Crippen LogP contribution in [-0.4, -0.2) is 44.6 Å². The van der Waals surface area contributed by atoms with Crippen molar-refractivity contribution >= 4 is 17.1 Å². The average molecular weight is 603 g/mol. The number of fused-ring (bicyclic) bond motifs is 1. The van der Waals surface area contributed by atoms with E-state index in [1.54, 1.807) is 10.6 Å². The van der Waals surface area contributed by atoms with Crippen LogP contribution in [0.25, 0.3) is 11.2 Å². The quantitative estimate of drug-likeness (QED) is 0.246. The molecule has 44 heavy (non-hydrogen) atoms. The Bertz CT molecular complexity index is 1790. The van der Waals surface area contributed by atoms with Gasteiger partial charge in [-0.15, -0.1) is 13.2 Å². The fourth-order valence-corrected chi connectivity index (χ4v) is 5.77. The number of aromatic nitrogens is 4. The third kappa shape index (κ3) is 6.78. The standard InChI is InChI=1S/C33H33F3N6O2/c34-33(35,36)44-27-15-7-13-25(19-27)21-41-28(17-16-23-9-3-1-4-10-23)38-30-29(31(41)43)42(20-24-11-5-2-6-12-24)32(39-30)40-18-8-14-26(37)22-40/h1-7,9-13,15,19,26H,8,14,16-18,20-22,37H2. The van der Waals surface area contributed by atoms with Gasteiger partial charge in [0.15, 0.2) is 11.2 Å². The van der Waals surface area contributed by atoms with Gasteiger partial charge >= 0.3 is 6.36 Å². The van der Waals surface area contributed by atoms with Crippen LogP contribution in [0.4, 0.5) is 19.1 Å². The summed E-state index contributed by atoms with van der Waals surface area (Å²) in [7, 11) is 0. The molecule has 0 amide bonds. The summed E-state index contributed by atoms with van der Waals surface area (Å²) >= 11 is 0. The second-order valence-corrected chi connectivity index (χ2v) is 11.1. The first kappa shape index (κ1) is 29.4. The molecule has 3 aromatic carbocycles. The number of nitrogens with two attached hydrogens (primary N) is 1. The molecular formula is C33H33F3N6O2. The van der Waals surface area contributed by atoms with E-state index in [0.29, 0.717) is 54.4 Å². The number of rotatable bonds is 9. The minimum absolute atomic E-state index is 0.00835. The number of aryl methyl sites for hydroxylation is 2. The van der Waals surface area contributed by atoms with Gasteiger partial charge < -0.3 is 15.4 Å². The fraction of sp³-hybridized carbons (Fsp3) is 0.303. The van der Waals surface area contributed by atoms with Crippen LogP contribution in [0.2, 0.25) is 0 Å². The Morgan fingerprint density at radius 3 is 2.23 bits per heavy atom. The average Bonchev–Trinajstić information content (AvgIpc) is 3.36. The molecule has 0 aliphatic carbocycles. The normalized spacial score (nSPS) is 15.5. The van der Waals surface area contributed by atoms with Gasteiger partial charge in [-0.25, -0.2) is 4.98 Å². The summed E-state index contributed by atoms with van der Waals surface area (Å²) in [5.41, 5.74) is 9.25. The van der Waals surface area contributed by atoms with E-state index in [9.17, 15) is 18.0 Å². The molecule has 1 aliphatic rings. The van der Waals surface area contributed by atoms with Crippen molar-refractivity contribution in [1.29, 1.82) is 0 Å². The van der Waals surface area contributed by atoms with Crippen molar-refractivity contribution in [2.24, 2.45) is 5.73 Å². The van der Waals surface area contributed by atoms with Gasteiger partial charge in [0.1, 0.15) is 11.6 Å². The predicted octanol–water partition coefficient (Wildman–Crippen LogP) is 5.30. The molecule has 5 aromatic rings. The van der Waals surface area contributed by atoms with Gasteiger partial charge in [0.25, 0.3) is 5.56 Å². The summed E-state index contributed by atoms with van der Waals surface area (Å²) in [5.74, 6) is 0.788. The van der Waals surface area contributed by atoms with Crippen molar-refractivity contribution in [3.8, 4) is 5.75 Å². The Labute approximate surface area is 252 Å². The van der Waals surface area contributed by atoms with Gasteiger partial charge in [0, 0.05) is 25.6 Å². The van der Waals surface area contributed by atoms with Gasteiger partial charge in [-0.1, -0.05) is 72.8 Å². The Morgan fingerprint density at radius 1 is 0.841 bits per heavy atom. The molecule has 0 spiro atoms. The van der Waals surface area contributed by atoms with Crippen LogP contribution in [0.5, 0.6) is 5.75 Å². The number of halogens is 3. The van der Waals surface area contributed by atoms with Gasteiger partial charge in [0.2, 0.25) is 5.95 Å². The molecule has 8 nitrogen and oxygen atoms in total. The largest absolute Gasteiger partial charge is 0.573 e. The minimum Gasteiger partial charge on any atom is -0.406 e. The molecule has 0 bridgehead atoms. The van der Waals surface area contributed by atoms with Crippen LogP contribution in [0, 0.1) is 0 Å². The third-order valence-corrected chi connectivity index (χ3v) is 7.80. The molecule has 0 saturated carbocycles. The first-order valence-corrected chi connectivity index (χ1v) is 14.7. The van der Waals surface area contributed by atoms with Crippen molar-refractivity contribution in [3.63, 3.8) is 0 Å². The topological polar surface area (TPSA) is 91.2 Å². The number of imidazole rings is 1. The molecule has 2 N–H and O–H groups in total. The number of hydrogen-bond acceptors (Lipinski definition) is 6. The number of anilines is 1. The van der Waals surface area contributed by atoms with Crippen LogP contribution >= 0.6 is 0 Å². The number of ether oxygens (including phenoxy) is 1. The lowest BCUT2D eigenvalue weighted by atomic mass is 10.1. The zero-order valence-corrected chi connectivity index (χ0v) is 24.1. The van der Waals surface area contributed by atoms with E-state index in [0.717, 1.165) is 30.5 Å². The van der Waals surface area contributed by atoms with E-state index in [-0.39, 0.29) is 23.9 Å². The summed E-state index contributed by atoms with van der Waals surface area (Å²) in [6.07, 6.45) is -1.95. The Hall–Kier alpha value is -4.64. The Kier molecular flexibility index (Phi) is 8.38. The van der Waals surface area contributed by atoms with Crippen molar-refractivity contribution in [1.82, 2.24) is 19.1 Å². The maximum Gasteiger partial charge on any atom is 0.573 e. The fourth-order valence-electron chi connectivity index (χ4n) is 5.77. The highest BCUT2D eigenvalue weighted by atomic mass is 19.4. The molecule has 1 unspecified atom stereocenters. The number of alkyl halides is 3. The Morgan fingerprint density at radius 2 is 1.52 bits per heavy atom. The van der Waals surface area contributed by atoms with Crippen molar-refractivity contribution in [3.05, 3.63) is 118 Å². The van der Waals surface area contributed by atoms with Crippen molar-refractivity contribution < 1.29 is 17.9 Å². The number of benzene rings is 3. The van der Waals surface area contributed by atoms with Gasteiger partial charge in [-0.05, 0) is 48.1 Å². The summed E-state index contributed by atoms with van der Waals surface area (Å²) in [6.45, 7) is 1.78. The number of piperidine rings is 1. The molecule has 11 heteroatoms. The molecule has 3 heterocycles. The molecule has 1 atom stereocenters. The zero-order chi connectivity index (χ0) is 30.7. The SMILES string of the molecule is NC1CCCN(c2nc3nc(CCc4ccccc4)n(Cc4cccc(OC(F)(F)F)c4)c(=O)c3n2Cc2ccccc2)C1. The summed E-state index contributed by atoms with van der Waals surface area (Å²) in [5, 5.41) is 0. The second kappa shape index (κ2) is 12.5. The molecule has 228 valence electrons. The lowest BCUT2D eigenvalue weighted by Crippen LogP contribution is -2.44. The van der Waals surface area contributed by atoms with Crippen molar-refractivity contribution in [2.75, 3.05) is 18.0 Å². The first-order valence-electron chi connectivity index (χ1n) is 14.7. The van der Waals surface area contributed by atoms with Crippen LogP contribution in [-0.2, 0) is 25.9 Å². The second-order valence-electron chi connectivity index (χ2n) is 11.1.